The number of rotatable bonds is 7. The summed E-state index contributed by atoms with van der Waals surface area (Å²) in [7, 11) is 1.66. The molecule has 0 fully saturated rings. The molecule has 0 aliphatic rings. The molecule has 0 aliphatic carbocycles. The number of primary amides is 1. The van der Waals surface area contributed by atoms with Gasteiger partial charge in [0.15, 0.2) is 5.78 Å². The Balaban J connectivity index is 1.59. The highest BCUT2D eigenvalue weighted by molar-refractivity contribution is 6.17. The fourth-order valence-corrected chi connectivity index (χ4v) is 4.42. The van der Waals surface area contributed by atoms with Crippen LogP contribution < -0.4 is 5.73 Å². The van der Waals surface area contributed by atoms with Crippen LogP contribution in [-0.4, -0.2) is 23.4 Å². The van der Waals surface area contributed by atoms with E-state index in [-0.39, 0.29) is 5.78 Å². The maximum atomic E-state index is 12.8. The SMILES string of the molecule is COCc1c[c]c2c3c(C(N)=O)cccc3n(Cc3ccc(C(=O)c4ccccc4)cc3)c2c1. The van der Waals surface area contributed by atoms with E-state index in [0.717, 1.165) is 32.9 Å². The van der Waals surface area contributed by atoms with Crippen molar-refractivity contribution >= 4 is 33.5 Å². The van der Waals surface area contributed by atoms with Gasteiger partial charge in [-0.25, -0.2) is 0 Å². The summed E-state index contributed by atoms with van der Waals surface area (Å²) in [6, 6.07) is 29.8. The molecule has 5 nitrogen and oxygen atoms in total. The average molecular weight is 448 g/mol. The zero-order valence-electron chi connectivity index (χ0n) is 18.7. The Bertz CT molecular complexity index is 1520. The van der Waals surface area contributed by atoms with E-state index in [0.29, 0.717) is 29.8 Å². The summed E-state index contributed by atoms with van der Waals surface area (Å²) >= 11 is 0. The number of hydrogen-bond donors (Lipinski definition) is 1. The fraction of sp³-hybridized carbons (Fsp3) is 0.103. The summed E-state index contributed by atoms with van der Waals surface area (Å²) in [6.45, 7) is 1.03. The molecule has 4 aromatic carbocycles. The molecule has 0 saturated carbocycles. The van der Waals surface area contributed by atoms with Gasteiger partial charge in [-0.05, 0) is 41.5 Å². The molecule has 1 heterocycles. The van der Waals surface area contributed by atoms with Crippen molar-refractivity contribution in [2.75, 3.05) is 7.11 Å². The molecule has 0 unspecified atom stereocenters. The number of benzene rings is 4. The Labute approximate surface area is 197 Å². The van der Waals surface area contributed by atoms with Crippen LogP contribution in [0.5, 0.6) is 0 Å². The lowest BCUT2D eigenvalue weighted by molar-refractivity contribution is 0.1000. The van der Waals surface area contributed by atoms with Gasteiger partial charge in [0.25, 0.3) is 0 Å². The van der Waals surface area contributed by atoms with Gasteiger partial charge in [0, 0.05) is 41.1 Å². The van der Waals surface area contributed by atoms with Crippen LogP contribution >= 0.6 is 0 Å². The summed E-state index contributed by atoms with van der Waals surface area (Å²) in [5, 5.41) is 1.64. The van der Waals surface area contributed by atoms with Crippen LogP contribution in [0.3, 0.4) is 0 Å². The maximum Gasteiger partial charge on any atom is 0.249 e. The van der Waals surface area contributed by atoms with Gasteiger partial charge in [-0.3, -0.25) is 9.59 Å². The number of amides is 1. The van der Waals surface area contributed by atoms with Crippen molar-refractivity contribution in [3.05, 3.63) is 119 Å². The van der Waals surface area contributed by atoms with Crippen molar-refractivity contribution in [1.29, 1.82) is 0 Å². The number of ether oxygens (including phenoxy) is 1. The molecule has 1 radical (unpaired) electrons. The normalized spacial score (nSPS) is 11.2. The number of methoxy groups -OCH3 is 1. The standard InChI is InChI=1S/C29H23N2O3/c1-34-18-20-12-15-23-26(16-20)31(25-9-5-8-24(27(23)25)29(30)33)17-19-10-13-22(14-11-19)28(32)21-6-3-2-4-7-21/h2-14,16H,17-18H2,1H3,(H2,30,33). The minimum atomic E-state index is -0.470. The number of carbonyl (C=O) groups is 2. The monoisotopic (exact) mass is 447 g/mol. The summed E-state index contributed by atoms with van der Waals surface area (Å²) < 4.78 is 7.46. The Morgan fingerprint density at radius 3 is 2.32 bits per heavy atom. The van der Waals surface area contributed by atoms with Crippen LogP contribution in [0.15, 0.2) is 84.9 Å². The molecule has 1 aromatic heterocycles. The first kappa shape index (κ1) is 21.6. The van der Waals surface area contributed by atoms with Gasteiger partial charge in [-0.2, -0.15) is 0 Å². The Morgan fingerprint density at radius 2 is 1.62 bits per heavy atom. The first-order valence-corrected chi connectivity index (χ1v) is 11.0. The summed E-state index contributed by atoms with van der Waals surface area (Å²) in [4.78, 5) is 24.9. The van der Waals surface area contributed by atoms with Crippen LogP contribution in [0.4, 0.5) is 0 Å². The minimum Gasteiger partial charge on any atom is -0.380 e. The smallest absolute Gasteiger partial charge is 0.249 e. The highest BCUT2D eigenvalue weighted by Crippen LogP contribution is 2.33. The van der Waals surface area contributed by atoms with Crippen molar-refractivity contribution in [2.45, 2.75) is 13.2 Å². The predicted octanol–water partition coefficient (Wildman–Crippen LogP) is 5.12. The van der Waals surface area contributed by atoms with Gasteiger partial charge in [0.2, 0.25) is 5.91 Å². The highest BCUT2D eigenvalue weighted by atomic mass is 16.5. The third kappa shape index (κ3) is 3.87. The number of hydrogen-bond acceptors (Lipinski definition) is 3. The largest absolute Gasteiger partial charge is 0.380 e. The van der Waals surface area contributed by atoms with Crippen molar-refractivity contribution < 1.29 is 14.3 Å². The number of nitrogens with two attached hydrogens (primary N) is 1. The fourth-order valence-electron chi connectivity index (χ4n) is 4.42. The van der Waals surface area contributed by atoms with Crippen LogP contribution in [0, 0.1) is 6.07 Å². The van der Waals surface area contributed by atoms with E-state index < -0.39 is 5.91 Å². The lowest BCUT2D eigenvalue weighted by Crippen LogP contribution is -2.11. The lowest BCUT2D eigenvalue weighted by Gasteiger charge is -2.10. The minimum absolute atomic E-state index is 0.00563. The molecule has 5 heteroatoms. The lowest BCUT2D eigenvalue weighted by atomic mass is 10.0. The first-order valence-electron chi connectivity index (χ1n) is 11.0. The second-order valence-electron chi connectivity index (χ2n) is 8.24. The van der Waals surface area contributed by atoms with E-state index in [2.05, 4.69) is 16.7 Å². The van der Waals surface area contributed by atoms with Crippen LogP contribution in [-0.2, 0) is 17.9 Å². The molecule has 5 aromatic rings. The molecule has 167 valence electrons. The van der Waals surface area contributed by atoms with Crippen molar-refractivity contribution in [2.24, 2.45) is 5.73 Å². The van der Waals surface area contributed by atoms with Crippen LogP contribution in [0.25, 0.3) is 21.8 Å². The topological polar surface area (TPSA) is 74.3 Å². The first-order chi connectivity index (χ1) is 16.6. The Morgan fingerprint density at radius 1 is 0.882 bits per heavy atom. The summed E-state index contributed by atoms with van der Waals surface area (Å²) in [5.74, 6) is -0.475. The van der Waals surface area contributed by atoms with Gasteiger partial charge in [-0.1, -0.05) is 60.7 Å². The van der Waals surface area contributed by atoms with E-state index in [1.54, 1.807) is 13.2 Å². The quantitative estimate of drug-likeness (QED) is 0.352. The third-order valence-electron chi connectivity index (χ3n) is 6.02. The molecule has 0 spiro atoms. The molecule has 0 bridgehead atoms. The van der Waals surface area contributed by atoms with Gasteiger partial charge < -0.3 is 15.0 Å². The van der Waals surface area contributed by atoms with Gasteiger partial charge in [0.05, 0.1) is 17.6 Å². The zero-order valence-corrected chi connectivity index (χ0v) is 18.7. The molecular weight excluding hydrogens is 424 g/mol. The van der Waals surface area contributed by atoms with E-state index in [9.17, 15) is 9.59 Å². The summed E-state index contributed by atoms with van der Waals surface area (Å²) in [5.41, 5.74) is 11.3. The average Bonchev–Trinajstić information content (AvgIpc) is 3.17. The molecular formula is C29H23N2O3. The van der Waals surface area contributed by atoms with E-state index >= 15 is 0 Å². The highest BCUT2D eigenvalue weighted by Gasteiger charge is 2.17. The molecule has 0 atom stereocenters. The third-order valence-corrected chi connectivity index (χ3v) is 6.02. The molecule has 1 amide bonds. The summed E-state index contributed by atoms with van der Waals surface area (Å²) in [6.07, 6.45) is 0. The number of carbonyl (C=O) groups excluding carboxylic acids is 2. The number of nitrogens with zero attached hydrogens (tertiary/aromatic N) is 1. The van der Waals surface area contributed by atoms with E-state index in [4.69, 9.17) is 10.5 Å². The number of ketones is 1. The number of aromatic nitrogens is 1. The molecule has 5 rings (SSSR count). The van der Waals surface area contributed by atoms with Gasteiger partial charge in [0.1, 0.15) is 0 Å². The molecule has 0 saturated heterocycles. The van der Waals surface area contributed by atoms with Gasteiger partial charge in [-0.15, -0.1) is 0 Å². The predicted molar refractivity (Wildman–Crippen MR) is 133 cm³/mol. The van der Waals surface area contributed by atoms with Gasteiger partial charge >= 0.3 is 0 Å². The maximum absolute atomic E-state index is 12.8. The van der Waals surface area contributed by atoms with Crippen molar-refractivity contribution in [3.8, 4) is 0 Å². The van der Waals surface area contributed by atoms with Crippen LogP contribution in [0.1, 0.15) is 37.4 Å². The molecule has 2 N–H and O–H groups in total. The zero-order chi connectivity index (χ0) is 23.7. The number of fused-ring (bicyclic) bond motifs is 3. The second kappa shape index (κ2) is 8.96. The van der Waals surface area contributed by atoms with E-state index in [1.807, 2.05) is 72.8 Å². The van der Waals surface area contributed by atoms with Crippen LogP contribution in [0.2, 0.25) is 0 Å². The molecule has 0 aliphatic heterocycles. The Hall–Kier alpha value is -4.22. The van der Waals surface area contributed by atoms with Crippen molar-refractivity contribution in [1.82, 2.24) is 4.57 Å². The van der Waals surface area contributed by atoms with E-state index in [1.165, 1.54) is 0 Å². The Kier molecular flexibility index (Phi) is 5.70. The molecule has 34 heavy (non-hydrogen) atoms. The van der Waals surface area contributed by atoms with Crippen molar-refractivity contribution in [3.63, 3.8) is 0 Å². The second-order valence-corrected chi connectivity index (χ2v) is 8.24.